The standard InChI is InChI=1S/C20H20N4O5/c1-29-16-9-8-14(11-15(16)24-10-2-3-17(24)25)23-20(28)19(27)22-13-6-4-12(5-7-13)18(21)26/h4-9,11H,2-3,10H2,1H3,(H2,21,26)(H,22,27)(H,23,28). The summed E-state index contributed by atoms with van der Waals surface area (Å²) in [6.07, 6.45) is 1.20. The number of carbonyl (C=O) groups is 4. The summed E-state index contributed by atoms with van der Waals surface area (Å²) in [6, 6.07) is 10.6. The van der Waals surface area contributed by atoms with Crippen LogP contribution in [0, 0.1) is 0 Å². The maximum Gasteiger partial charge on any atom is 0.314 e. The monoisotopic (exact) mass is 396 g/mol. The van der Waals surface area contributed by atoms with Gasteiger partial charge in [-0.05, 0) is 48.9 Å². The summed E-state index contributed by atoms with van der Waals surface area (Å²) in [4.78, 5) is 49.1. The SMILES string of the molecule is COc1ccc(NC(=O)C(=O)Nc2ccc(C(N)=O)cc2)cc1N1CCCC1=O. The zero-order chi connectivity index (χ0) is 21.0. The minimum atomic E-state index is -0.883. The number of amides is 4. The van der Waals surface area contributed by atoms with Crippen LogP contribution in [-0.2, 0) is 14.4 Å². The molecule has 0 saturated carbocycles. The molecule has 4 amide bonds. The Bertz CT molecular complexity index is 971. The summed E-state index contributed by atoms with van der Waals surface area (Å²) in [6.45, 7) is 0.564. The Labute approximate surface area is 166 Å². The molecule has 150 valence electrons. The fourth-order valence-electron chi connectivity index (χ4n) is 2.98. The van der Waals surface area contributed by atoms with Crippen molar-refractivity contribution in [2.24, 2.45) is 5.73 Å². The second-order valence-corrected chi connectivity index (χ2v) is 6.39. The van der Waals surface area contributed by atoms with Gasteiger partial charge in [0.1, 0.15) is 5.75 Å². The predicted octanol–water partition coefficient (Wildman–Crippen LogP) is 1.50. The van der Waals surface area contributed by atoms with Crippen LogP contribution in [0.4, 0.5) is 17.1 Å². The summed E-state index contributed by atoms with van der Waals surface area (Å²) in [7, 11) is 1.49. The Morgan fingerprint density at radius 2 is 1.62 bits per heavy atom. The molecule has 1 saturated heterocycles. The average molecular weight is 396 g/mol. The molecule has 0 unspecified atom stereocenters. The van der Waals surface area contributed by atoms with Gasteiger partial charge < -0.3 is 26.0 Å². The molecule has 0 aliphatic carbocycles. The number of rotatable bonds is 5. The van der Waals surface area contributed by atoms with Crippen LogP contribution in [0.2, 0.25) is 0 Å². The summed E-state index contributed by atoms with van der Waals surface area (Å²) in [5.74, 6) is -1.88. The van der Waals surface area contributed by atoms with Crippen LogP contribution in [0.3, 0.4) is 0 Å². The highest BCUT2D eigenvalue weighted by atomic mass is 16.5. The van der Waals surface area contributed by atoms with E-state index in [4.69, 9.17) is 10.5 Å². The molecule has 9 nitrogen and oxygen atoms in total. The Kier molecular flexibility index (Phi) is 5.77. The lowest BCUT2D eigenvalue weighted by molar-refractivity contribution is -0.132. The number of hydrogen-bond donors (Lipinski definition) is 3. The number of hydrogen-bond acceptors (Lipinski definition) is 5. The molecule has 2 aromatic rings. The van der Waals surface area contributed by atoms with Gasteiger partial charge in [0.15, 0.2) is 0 Å². The molecule has 0 aromatic heterocycles. The summed E-state index contributed by atoms with van der Waals surface area (Å²) >= 11 is 0. The maximum atomic E-state index is 12.2. The number of ether oxygens (including phenoxy) is 1. The van der Waals surface area contributed by atoms with Gasteiger partial charge in [-0.2, -0.15) is 0 Å². The van der Waals surface area contributed by atoms with E-state index in [1.807, 2.05) is 0 Å². The predicted molar refractivity (Wildman–Crippen MR) is 107 cm³/mol. The third-order valence-corrected chi connectivity index (χ3v) is 4.43. The molecular formula is C20H20N4O5. The summed E-state index contributed by atoms with van der Waals surface area (Å²) < 4.78 is 5.30. The van der Waals surface area contributed by atoms with Crippen molar-refractivity contribution in [1.29, 1.82) is 0 Å². The van der Waals surface area contributed by atoms with Crippen molar-refractivity contribution in [3.05, 3.63) is 48.0 Å². The number of anilines is 3. The van der Waals surface area contributed by atoms with Crippen molar-refractivity contribution in [3.8, 4) is 5.75 Å². The molecule has 29 heavy (non-hydrogen) atoms. The average Bonchev–Trinajstić information content (AvgIpc) is 3.14. The third kappa shape index (κ3) is 4.52. The number of nitrogens with two attached hydrogens (primary N) is 1. The largest absolute Gasteiger partial charge is 0.495 e. The van der Waals surface area contributed by atoms with E-state index in [0.717, 1.165) is 6.42 Å². The first kappa shape index (κ1) is 19.9. The van der Waals surface area contributed by atoms with E-state index in [0.29, 0.717) is 35.8 Å². The van der Waals surface area contributed by atoms with E-state index < -0.39 is 17.7 Å². The molecule has 1 aliphatic rings. The highest BCUT2D eigenvalue weighted by Gasteiger charge is 2.25. The van der Waals surface area contributed by atoms with Crippen LogP contribution < -0.4 is 26.0 Å². The van der Waals surface area contributed by atoms with Crippen LogP contribution in [0.25, 0.3) is 0 Å². The Balaban J connectivity index is 1.70. The first-order chi connectivity index (χ1) is 13.9. The Morgan fingerprint density at radius 1 is 1.00 bits per heavy atom. The zero-order valence-corrected chi connectivity index (χ0v) is 15.7. The number of nitrogens with zero attached hydrogens (tertiary/aromatic N) is 1. The second kappa shape index (κ2) is 8.42. The lowest BCUT2D eigenvalue weighted by atomic mass is 10.2. The smallest absolute Gasteiger partial charge is 0.314 e. The molecule has 4 N–H and O–H groups in total. The topological polar surface area (TPSA) is 131 Å². The fourth-order valence-corrected chi connectivity index (χ4v) is 2.98. The molecule has 0 spiro atoms. The first-order valence-corrected chi connectivity index (χ1v) is 8.89. The minimum Gasteiger partial charge on any atom is -0.495 e. The molecule has 1 fully saturated rings. The van der Waals surface area contributed by atoms with Crippen LogP contribution >= 0.6 is 0 Å². The van der Waals surface area contributed by atoms with Gasteiger partial charge in [0, 0.05) is 29.9 Å². The van der Waals surface area contributed by atoms with Crippen molar-refractivity contribution in [2.75, 3.05) is 29.2 Å². The van der Waals surface area contributed by atoms with Crippen molar-refractivity contribution in [3.63, 3.8) is 0 Å². The van der Waals surface area contributed by atoms with Crippen molar-refractivity contribution >= 4 is 40.7 Å². The van der Waals surface area contributed by atoms with Gasteiger partial charge in [-0.25, -0.2) is 0 Å². The number of methoxy groups -OCH3 is 1. The van der Waals surface area contributed by atoms with Crippen LogP contribution in [0.1, 0.15) is 23.2 Å². The van der Waals surface area contributed by atoms with Gasteiger partial charge in [-0.1, -0.05) is 0 Å². The van der Waals surface area contributed by atoms with Crippen LogP contribution in [0.15, 0.2) is 42.5 Å². The molecule has 1 heterocycles. The van der Waals surface area contributed by atoms with Crippen molar-refractivity contribution in [2.45, 2.75) is 12.8 Å². The molecule has 0 atom stereocenters. The van der Waals surface area contributed by atoms with Crippen molar-refractivity contribution < 1.29 is 23.9 Å². The van der Waals surface area contributed by atoms with E-state index in [-0.39, 0.29) is 11.5 Å². The number of carbonyl (C=O) groups excluding carboxylic acids is 4. The molecule has 0 radical (unpaired) electrons. The second-order valence-electron chi connectivity index (χ2n) is 6.39. The van der Waals surface area contributed by atoms with Gasteiger partial charge >= 0.3 is 11.8 Å². The van der Waals surface area contributed by atoms with Gasteiger partial charge in [-0.15, -0.1) is 0 Å². The maximum absolute atomic E-state index is 12.2. The van der Waals surface area contributed by atoms with E-state index in [2.05, 4.69) is 10.6 Å². The van der Waals surface area contributed by atoms with Crippen molar-refractivity contribution in [1.82, 2.24) is 0 Å². The normalized spacial score (nSPS) is 13.1. The third-order valence-electron chi connectivity index (χ3n) is 4.43. The van der Waals surface area contributed by atoms with E-state index >= 15 is 0 Å². The molecule has 9 heteroatoms. The summed E-state index contributed by atoms with van der Waals surface area (Å²) in [5, 5.41) is 4.94. The molecular weight excluding hydrogens is 376 g/mol. The number of nitrogens with one attached hydrogen (secondary N) is 2. The van der Waals surface area contributed by atoms with E-state index in [1.165, 1.54) is 31.4 Å². The summed E-state index contributed by atoms with van der Waals surface area (Å²) in [5.41, 5.74) is 6.68. The molecule has 2 aromatic carbocycles. The van der Waals surface area contributed by atoms with Crippen LogP contribution in [0.5, 0.6) is 5.75 Å². The number of primary amides is 1. The first-order valence-electron chi connectivity index (χ1n) is 8.89. The highest BCUT2D eigenvalue weighted by molar-refractivity contribution is 6.43. The van der Waals surface area contributed by atoms with E-state index in [1.54, 1.807) is 23.1 Å². The molecule has 1 aliphatic heterocycles. The zero-order valence-electron chi connectivity index (χ0n) is 15.7. The Hall–Kier alpha value is -3.88. The van der Waals surface area contributed by atoms with Gasteiger partial charge in [-0.3, -0.25) is 19.2 Å². The van der Waals surface area contributed by atoms with Gasteiger partial charge in [0.25, 0.3) is 0 Å². The fraction of sp³-hybridized carbons (Fsp3) is 0.200. The minimum absolute atomic E-state index is 0.0241. The Morgan fingerprint density at radius 3 is 2.17 bits per heavy atom. The van der Waals surface area contributed by atoms with E-state index in [9.17, 15) is 19.2 Å². The van der Waals surface area contributed by atoms with Gasteiger partial charge in [0.2, 0.25) is 11.8 Å². The highest BCUT2D eigenvalue weighted by Crippen LogP contribution is 2.34. The molecule has 0 bridgehead atoms. The quantitative estimate of drug-likeness (QED) is 0.659. The van der Waals surface area contributed by atoms with Crippen LogP contribution in [-0.4, -0.2) is 37.3 Å². The number of benzene rings is 2. The lowest BCUT2D eigenvalue weighted by Crippen LogP contribution is -2.29. The molecule has 3 rings (SSSR count). The lowest BCUT2D eigenvalue weighted by Gasteiger charge is -2.20. The van der Waals surface area contributed by atoms with Gasteiger partial charge in [0.05, 0.1) is 12.8 Å².